The zero-order valence-corrected chi connectivity index (χ0v) is 12.2. The minimum Gasteiger partial charge on any atom is -0.493 e. The number of hydrogen-bond donors (Lipinski definition) is 1. The third-order valence-corrected chi connectivity index (χ3v) is 3.96. The molecule has 2 unspecified atom stereocenters. The summed E-state index contributed by atoms with van der Waals surface area (Å²) in [6, 6.07) is 4.47. The highest BCUT2D eigenvalue weighted by atomic mass is 16.5. The molecule has 0 radical (unpaired) electrons. The Morgan fingerprint density at radius 1 is 1.58 bits per heavy atom. The summed E-state index contributed by atoms with van der Waals surface area (Å²) >= 11 is 0. The molecular weight excluding hydrogens is 238 g/mol. The van der Waals surface area contributed by atoms with Crippen LogP contribution >= 0.6 is 0 Å². The quantitative estimate of drug-likeness (QED) is 0.884. The number of rotatable bonds is 5. The number of nitrogens with one attached hydrogen (secondary N) is 1. The number of methoxy groups -OCH3 is 1. The second kappa shape index (κ2) is 6.75. The van der Waals surface area contributed by atoms with Gasteiger partial charge in [-0.15, -0.1) is 0 Å². The number of aromatic nitrogens is 1. The van der Waals surface area contributed by atoms with E-state index in [2.05, 4.69) is 29.0 Å². The molecule has 19 heavy (non-hydrogen) atoms. The van der Waals surface area contributed by atoms with E-state index in [1.165, 1.54) is 12.8 Å². The van der Waals surface area contributed by atoms with Gasteiger partial charge in [-0.2, -0.15) is 0 Å². The number of hydrogen-bond acceptors (Lipinski definition) is 4. The Hall–Kier alpha value is -1.29. The molecule has 2 atom stereocenters. The highest BCUT2D eigenvalue weighted by Crippen LogP contribution is 2.29. The van der Waals surface area contributed by atoms with Crippen molar-refractivity contribution in [1.82, 2.24) is 10.3 Å². The van der Waals surface area contributed by atoms with Gasteiger partial charge in [0, 0.05) is 25.3 Å². The zero-order chi connectivity index (χ0) is 13.7. The van der Waals surface area contributed by atoms with Gasteiger partial charge in [0.15, 0.2) is 11.6 Å². The van der Waals surface area contributed by atoms with E-state index in [0.717, 1.165) is 31.2 Å². The van der Waals surface area contributed by atoms with Gasteiger partial charge in [-0.05, 0) is 44.4 Å². The molecule has 0 aliphatic carbocycles. The molecule has 2 rings (SSSR count). The monoisotopic (exact) mass is 263 g/mol. The molecule has 1 saturated heterocycles. The maximum absolute atomic E-state index is 5.42. The summed E-state index contributed by atoms with van der Waals surface area (Å²) in [7, 11) is 1.71. The third-order valence-electron chi connectivity index (χ3n) is 3.96. The summed E-state index contributed by atoms with van der Waals surface area (Å²) in [6.45, 7) is 7.61. The van der Waals surface area contributed by atoms with Crippen LogP contribution < -0.4 is 15.0 Å². The molecule has 1 aliphatic heterocycles. The first-order chi connectivity index (χ1) is 9.26. The van der Waals surface area contributed by atoms with Crippen molar-refractivity contribution >= 4 is 5.82 Å². The van der Waals surface area contributed by atoms with Gasteiger partial charge in [0.05, 0.1) is 7.11 Å². The molecule has 0 spiro atoms. The second-order valence-electron chi connectivity index (χ2n) is 5.22. The van der Waals surface area contributed by atoms with E-state index >= 15 is 0 Å². The first kappa shape index (κ1) is 14.1. The van der Waals surface area contributed by atoms with Crippen LogP contribution in [0.25, 0.3) is 0 Å². The Bertz CT molecular complexity index is 397. The summed E-state index contributed by atoms with van der Waals surface area (Å²) in [5.74, 6) is 2.54. The Kier molecular flexibility index (Phi) is 5.02. The molecule has 0 aromatic carbocycles. The maximum Gasteiger partial charge on any atom is 0.171 e. The van der Waals surface area contributed by atoms with Gasteiger partial charge in [0.2, 0.25) is 0 Å². The Balaban J connectivity index is 2.08. The van der Waals surface area contributed by atoms with Crippen molar-refractivity contribution < 1.29 is 4.74 Å². The average molecular weight is 263 g/mol. The number of nitrogens with zero attached hydrogens (tertiary/aromatic N) is 2. The SMILES string of the molecule is CCNC(C)C1CCCN(c2ncccc2OC)C1. The molecular formula is C15H25N3O. The van der Waals surface area contributed by atoms with Crippen molar-refractivity contribution in [2.45, 2.75) is 32.7 Å². The highest BCUT2D eigenvalue weighted by molar-refractivity contribution is 5.52. The lowest BCUT2D eigenvalue weighted by molar-refractivity contribution is 0.321. The predicted molar refractivity (Wildman–Crippen MR) is 78.9 cm³/mol. The lowest BCUT2D eigenvalue weighted by Crippen LogP contribution is -2.44. The molecule has 4 nitrogen and oxygen atoms in total. The van der Waals surface area contributed by atoms with Gasteiger partial charge in [-0.1, -0.05) is 6.92 Å². The van der Waals surface area contributed by atoms with Crippen molar-refractivity contribution in [2.24, 2.45) is 5.92 Å². The summed E-state index contributed by atoms with van der Waals surface area (Å²) in [4.78, 5) is 6.86. The van der Waals surface area contributed by atoms with E-state index in [9.17, 15) is 0 Å². The smallest absolute Gasteiger partial charge is 0.171 e. The summed E-state index contributed by atoms with van der Waals surface area (Å²) in [5.41, 5.74) is 0. The van der Waals surface area contributed by atoms with Gasteiger partial charge >= 0.3 is 0 Å². The largest absolute Gasteiger partial charge is 0.493 e. The van der Waals surface area contributed by atoms with E-state index in [4.69, 9.17) is 4.74 Å². The Labute approximate surface area is 116 Å². The number of piperidine rings is 1. The first-order valence-electron chi connectivity index (χ1n) is 7.23. The fourth-order valence-corrected chi connectivity index (χ4v) is 2.88. The standard InChI is InChI=1S/C15H25N3O/c1-4-16-12(2)13-7-6-10-18(11-13)15-14(19-3)8-5-9-17-15/h5,8-9,12-13,16H,4,6-7,10-11H2,1-3H3. The highest BCUT2D eigenvalue weighted by Gasteiger charge is 2.26. The van der Waals surface area contributed by atoms with E-state index in [-0.39, 0.29) is 0 Å². The zero-order valence-electron chi connectivity index (χ0n) is 12.2. The van der Waals surface area contributed by atoms with Crippen LogP contribution in [0.4, 0.5) is 5.82 Å². The van der Waals surface area contributed by atoms with Gasteiger partial charge in [-0.3, -0.25) is 0 Å². The van der Waals surface area contributed by atoms with Crippen LogP contribution in [0.2, 0.25) is 0 Å². The number of anilines is 1. The second-order valence-corrected chi connectivity index (χ2v) is 5.22. The number of ether oxygens (including phenoxy) is 1. The minimum atomic E-state index is 0.558. The van der Waals surface area contributed by atoms with Crippen LogP contribution in [0.3, 0.4) is 0 Å². The van der Waals surface area contributed by atoms with Crippen molar-refractivity contribution in [3.8, 4) is 5.75 Å². The fraction of sp³-hybridized carbons (Fsp3) is 0.667. The lowest BCUT2D eigenvalue weighted by atomic mass is 9.91. The van der Waals surface area contributed by atoms with Gasteiger partial charge in [0.1, 0.15) is 0 Å². The van der Waals surface area contributed by atoms with E-state index in [1.807, 2.05) is 18.3 Å². The van der Waals surface area contributed by atoms with Crippen LogP contribution in [-0.4, -0.2) is 37.8 Å². The predicted octanol–water partition coefficient (Wildman–Crippen LogP) is 2.30. The van der Waals surface area contributed by atoms with Gasteiger partial charge in [0.25, 0.3) is 0 Å². The third kappa shape index (κ3) is 3.38. The summed E-state index contributed by atoms with van der Waals surface area (Å²) in [6.07, 6.45) is 4.36. The van der Waals surface area contributed by atoms with Crippen LogP contribution in [0, 0.1) is 5.92 Å². The molecule has 0 amide bonds. The molecule has 1 aromatic rings. The minimum absolute atomic E-state index is 0.558. The van der Waals surface area contributed by atoms with Crippen LogP contribution in [0.1, 0.15) is 26.7 Å². The first-order valence-corrected chi connectivity index (χ1v) is 7.23. The summed E-state index contributed by atoms with van der Waals surface area (Å²) in [5, 5.41) is 3.54. The van der Waals surface area contributed by atoms with Crippen LogP contribution in [0.15, 0.2) is 18.3 Å². The molecule has 106 valence electrons. The van der Waals surface area contributed by atoms with E-state index in [1.54, 1.807) is 7.11 Å². The molecule has 1 aromatic heterocycles. The normalized spacial score (nSPS) is 21.2. The summed E-state index contributed by atoms with van der Waals surface area (Å²) < 4.78 is 5.42. The van der Waals surface area contributed by atoms with Crippen molar-refractivity contribution in [3.05, 3.63) is 18.3 Å². The molecule has 2 heterocycles. The van der Waals surface area contributed by atoms with Crippen LogP contribution in [0.5, 0.6) is 5.75 Å². The van der Waals surface area contributed by atoms with Crippen LogP contribution in [-0.2, 0) is 0 Å². The number of pyridine rings is 1. The maximum atomic E-state index is 5.42. The Morgan fingerprint density at radius 3 is 3.16 bits per heavy atom. The van der Waals surface area contributed by atoms with Crippen molar-refractivity contribution in [1.29, 1.82) is 0 Å². The average Bonchev–Trinajstić information content (AvgIpc) is 2.47. The fourth-order valence-electron chi connectivity index (χ4n) is 2.88. The topological polar surface area (TPSA) is 37.4 Å². The lowest BCUT2D eigenvalue weighted by Gasteiger charge is -2.37. The van der Waals surface area contributed by atoms with Crippen molar-refractivity contribution in [2.75, 3.05) is 31.6 Å². The van der Waals surface area contributed by atoms with E-state index < -0.39 is 0 Å². The van der Waals surface area contributed by atoms with Crippen molar-refractivity contribution in [3.63, 3.8) is 0 Å². The van der Waals surface area contributed by atoms with Gasteiger partial charge in [-0.25, -0.2) is 4.98 Å². The molecule has 1 N–H and O–H groups in total. The van der Waals surface area contributed by atoms with E-state index in [0.29, 0.717) is 12.0 Å². The Morgan fingerprint density at radius 2 is 2.42 bits per heavy atom. The van der Waals surface area contributed by atoms with Gasteiger partial charge < -0.3 is 15.0 Å². The molecule has 1 aliphatic rings. The molecule has 4 heteroatoms. The molecule has 1 fully saturated rings. The molecule has 0 saturated carbocycles. The molecule has 0 bridgehead atoms.